The average Bonchev–Trinajstić information content (AvgIpc) is 3.74. The molecule has 0 spiro atoms. The zero-order valence-electron chi connectivity index (χ0n) is 21.0. The van der Waals surface area contributed by atoms with Crippen molar-refractivity contribution in [3.8, 4) is 68.1 Å². The van der Waals surface area contributed by atoms with Gasteiger partial charge in [-0.25, -0.2) is 9.97 Å². The van der Waals surface area contributed by atoms with E-state index in [4.69, 9.17) is 8.83 Å². The predicted molar refractivity (Wildman–Crippen MR) is 150 cm³/mol. The molecule has 0 saturated carbocycles. The van der Waals surface area contributed by atoms with E-state index in [1.165, 1.54) is 0 Å². The Kier molecular flexibility index (Phi) is 5.95. The van der Waals surface area contributed by atoms with Gasteiger partial charge in [0.2, 0.25) is 11.8 Å². The van der Waals surface area contributed by atoms with Crippen molar-refractivity contribution in [2.45, 2.75) is 0 Å². The van der Waals surface area contributed by atoms with Gasteiger partial charge in [0.25, 0.3) is 0 Å². The minimum Gasteiger partial charge on any atom is -0.436 e. The zero-order valence-corrected chi connectivity index (χ0v) is 21.0. The molecule has 40 heavy (non-hydrogen) atoms. The highest BCUT2D eigenvalue weighted by atomic mass is 16.4. The van der Waals surface area contributed by atoms with Gasteiger partial charge in [-0.3, -0.25) is 19.9 Å². The highest BCUT2D eigenvalue weighted by molar-refractivity contribution is 5.70. The number of rotatable bonds is 6. The van der Waals surface area contributed by atoms with E-state index >= 15 is 0 Å². The summed E-state index contributed by atoms with van der Waals surface area (Å²) in [6, 6.07) is 23.2. The molecule has 0 aliphatic rings. The van der Waals surface area contributed by atoms with Crippen molar-refractivity contribution in [2.75, 3.05) is 0 Å². The van der Waals surface area contributed by atoms with Crippen LogP contribution < -0.4 is 0 Å². The van der Waals surface area contributed by atoms with E-state index in [9.17, 15) is 0 Å². The van der Waals surface area contributed by atoms with Crippen LogP contribution in [0.25, 0.3) is 68.1 Å². The third-order valence-electron chi connectivity index (χ3n) is 6.39. The minimum atomic E-state index is 0.523. The number of hydrogen-bond acceptors (Lipinski definition) is 8. The maximum absolute atomic E-state index is 6.10. The Labute approximate surface area is 229 Å². The van der Waals surface area contributed by atoms with Crippen LogP contribution in [0, 0.1) is 0 Å². The maximum atomic E-state index is 6.10. The first-order valence-electron chi connectivity index (χ1n) is 12.6. The minimum absolute atomic E-state index is 0.523. The van der Waals surface area contributed by atoms with Crippen molar-refractivity contribution in [3.63, 3.8) is 0 Å². The van der Waals surface area contributed by atoms with Crippen LogP contribution in [0.15, 0.2) is 131 Å². The Morgan fingerprint density at radius 1 is 0.400 bits per heavy atom. The van der Waals surface area contributed by atoms with Crippen LogP contribution in [0.4, 0.5) is 0 Å². The van der Waals surface area contributed by atoms with Crippen molar-refractivity contribution in [3.05, 3.63) is 122 Å². The molecular weight excluding hydrogens is 500 g/mol. The van der Waals surface area contributed by atoms with E-state index in [0.29, 0.717) is 23.3 Å². The second-order valence-electron chi connectivity index (χ2n) is 8.98. The number of nitrogens with zero attached hydrogens (tertiary/aromatic N) is 6. The fraction of sp³-hybridized carbons (Fsp3) is 0. The van der Waals surface area contributed by atoms with Crippen LogP contribution in [0.1, 0.15) is 0 Å². The predicted octanol–water partition coefficient (Wildman–Crippen LogP) is 7.24. The number of pyridine rings is 4. The van der Waals surface area contributed by atoms with Gasteiger partial charge in [0.15, 0.2) is 11.5 Å². The molecule has 7 rings (SSSR count). The number of aromatic nitrogens is 6. The van der Waals surface area contributed by atoms with Crippen LogP contribution in [0.5, 0.6) is 0 Å². The lowest BCUT2D eigenvalue weighted by Crippen LogP contribution is -1.86. The van der Waals surface area contributed by atoms with Crippen molar-refractivity contribution in [1.29, 1.82) is 0 Å². The van der Waals surface area contributed by atoms with Gasteiger partial charge in [0.1, 0.15) is 0 Å². The molecule has 0 radical (unpaired) electrons. The second kappa shape index (κ2) is 10.2. The lowest BCUT2D eigenvalue weighted by molar-refractivity contribution is 0.587. The Hall–Kier alpha value is -5.76. The van der Waals surface area contributed by atoms with Gasteiger partial charge in [-0.15, -0.1) is 0 Å². The highest BCUT2D eigenvalue weighted by Gasteiger charge is 2.13. The molecule has 0 N–H and O–H groups in total. The molecule has 0 atom stereocenters. The van der Waals surface area contributed by atoms with Crippen LogP contribution in [-0.2, 0) is 0 Å². The summed E-state index contributed by atoms with van der Waals surface area (Å²) in [5.74, 6) is 2.38. The van der Waals surface area contributed by atoms with E-state index in [2.05, 4.69) is 29.9 Å². The summed E-state index contributed by atoms with van der Waals surface area (Å²) in [5, 5.41) is 0. The van der Waals surface area contributed by atoms with E-state index < -0.39 is 0 Å². The Bertz CT molecular complexity index is 1760. The molecule has 8 heteroatoms. The molecule has 6 heterocycles. The van der Waals surface area contributed by atoms with Crippen LogP contribution in [-0.4, -0.2) is 29.9 Å². The summed E-state index contributed by atoms with van der Waals surface area (Å²) >= 11 is 0. The summed E-state index contributed by atoms with van der Waals surface area (Å²) < 4.78 is 12.2. The summed E-state index contributed by atoms with van der Waals surface area (Å²) in [4.78, 5) is 26.2. The first-order chi connectivity index (χ1) is 19.8. The Morgan fingerprint density at radius 2 is 0.875 bits per heavy atom. The largest absolute Gasteiger partial charge is 0.436 e. The van der Waals surface area contributed by atoms with Gasteiger partial charge < -0.3 is 8.83 Å². The van der Waals surface area contributed by atoms with E-state index in [1.807, 2.05) is 72.8 Å². The Balaban J connectivity index is 1.11. The van der Waals surface area contributed by atoms with Crippen LogP contribution in [0.3, 0.4) is 0 Å². The molecule has 7 aromatic rings. The molecule has 0 amide bonds. The number of benzene rings is 1. The smallest absolute Gasteiger partial charge is 0.226 e. The third kappa shape index (κ3) is 4.65. The number of hydrogen-bond donors (Lipinski definition) is 0. The van der Waals surface area contributed by atoms with E-state index in [1.54, 1.807) is 49.6 Å². The summed E-state index contributed by atoms with van der Waals surface area (Å²) in [7, 11) is 0. The summed E-state index contributed by atoms with van der Waals surface area (Å²) in [6.45, 7) is 0. The fourth-order valence-electron chi connectivity index (χ4n) is 4.35. The van der Waals surface area contributed by atoms with E-state index in [0.717, 1.165) is 44.8 Å². The van der Waals surface area contributed by atoms with Gasteiger partial charge >= 0.3 is 0 Å². The first-order valence-corrected chi connectivity index (χ1v) is 12.6. The highest BCUT2D eigenvalue weighted by Crippen LogP contribution is 2.31. The SMILES string of the molecule is c1cncc(-c2cc(-c3ncc(-c4ccc(-c5cnc(-c6ccnc(-c7cccnc7)c6)o5)cc4)o3)ccn2)c1. The molecule has 1 aromatic carbocycles. The molecule has 0 aliphatic heterocycles. The standard InChI is InChI=1S/C32H20N6O2/c1-3-25(17-33-11-1)27-15-23(9-13-35-27)31-37-19-29(39-31)21-5-7-22(8-6-21)30-20-38-32(40-30)24-10-14-36-28(16-24)26-4-2-12-34-18-26/h1-20H. The van der Waals surface area contributed by atoms with Crippen LogP contribution in [0.2, 0.25) is 0 Å². The quantitative estimate of drug-likeness (QED) is 0.226. The molecule has 0 aliphatic carbocycles. The van der Waals surface area contributed by atoms with Crippen molar-refractivity contribution in [2.24, 2.45) is 0 Å². The first kappa shape index (κ1) is 23.4. The molecule has 190 valence electrons. The second-order valence-corrected chi connectivity index (χ2v) is 8.98. The van der Waals surface area contributed by atoms with Gasteiger partial charge in [-0.2, -0.15) is 0 Å². The topological polar surface area (TPSA) is 104 Å². The van der Waals surface area contributed by atoms with Gasteiger partial charge in [0, 0.05) is 70.6 Å². The van der Waals surface area contributed by atoms with Crippen molar-refractivity contribution in [1.82, 2.24) is 29.9 Å². The maximum Gasteiger partial charge on any atom is 0.226 e. The molecular formula is C32H20N6O2. The Morgan fingerprint density at radius 3 is 1.30 bits per heavy atom. The van der Waals surface area contributed by atoms with Gasteiger partial charge in [0.05, 0.1) is 23.8 Å². The molecule has 0 unspecified atom stereocenters. The fourth-order valence-corrected chi connectivity index (χ4v) is 4.35. The normalized spacial score (nSPS) is 11.0. The molecule has 0 saturated heterocycles. The van der Waals surface area contributed by atoms with Crippen LogP contribution >= 0.6 is 0 Å². The van der Waals surface area contributed by atoms with Gasteiger partial charge in [-0.05, 0) is 48.5 Å². The van der Waals surface area contributed by atoms with Gasteiger partial charge in [-0.1, -0.05) is 24.3 Å². The average molecular weight is 521 g/mol. The molecule has 8 nitrogen and oxygen atoms in total. The lowest BCUT2D eigenvalue weighted by atomic mass is 10.1. The third-order valence-corrected chi connectivity index (χ3v) is 6.39. The molecule has 6 aromatic heterocycles. The summed E-state index contributed by atoms with van der Waals surface area (Å²) in [5.41, 5.74) is 6.96. The molecule has 0 bridgehead atoms. The summed E-state index contributed by atoms with van der Waals surface area (Å²) in [6.07, 6.45) is 14.0. The van der Waals surface area contributed by atoms with Crippen molar-refractivity contribution < 1.29 is 8.83 Å². The number of oxazole rings is 2. The lowest BCUT2D eigenvalue weighted by Gasteiger charge is -2.02. The molecule has 0 fully saturated rings. The monoisotopic (exact) mass is 520 g/mol. The zero-order chi connectivity index (χ0) is 26.7. The van der Waals surface area contributed by atoms with E-state index in [-0.39, 0.29) is 0 Å². The van der Waals surface area contributed by atoms with Crippen molar-refractivity contribution >= 4 is 0 Å².